The van der Waals surface area contributed by atoms with E-state index in [2.05, 4.69) is 21.9 Å². The van der Waals surface area contributed by atoms with Gasteiger partial charge in [0.25, 0.3) is 0 Å². The number of carbonyl (C=O) groups is 1. The molecule has 0 aromatic heterocycles. The van der Waals surface area contributed by atoms with Gasteiger partial charge in [0.1, 0.15) is 17.5 Å². The van der Waals surface area contributed by atoms with E-state index in [0.717, 1.165) is 5.56 Å². The SMILES string of the molecule is C#CCOC(c1ccc(OC)c(OC)c1)C(Br)C(=O)OC. The highest BCUT2D eigenvalue weighted by Gasteiger charge is 2.29. The van der Waals surface area contributed by atoms with Crippen LogP contribution in [-0.4, -0.2) is 38.7 Å². The van der Waals surface area contributed by atoms with Gasteiger partial charge in [0, 0.05) is 0 Å². The number of hydrogen-bond donors (Lipinski definition) is 0. The summed E-state index contributed by atoms with van der Waals surface area (Å²) in [5.74, 6) is 3.05. The summed E-state index contributed by atoms with van der Waals surface area (Å²) in [6.45, 7) is 0.0676. The second-order valence-corrected chi connectivity index (χ2v) is 4.96. The summed E-state index contributed by atoms with van der Waals surface area (Å²) in [4.78, 5) is 11.0. The summed E-state index contributed by atoms with van der Waals surface area (Å²) in [7, 11) is 4.39. The zero-order valence-corrected chi connectivity index (χ0v) is 13.7. The Balaban J connectivity index is 3.13. The predicted molar refractivity (Wildman–Crippen MR) is 81.8 cm³/mol. The Bertz CT molecular complexity index is 523. The minimum Gasteiger partial charge on any atom is -0.493 e. The number of ether oxygens (including phenoxy) is 4. The van der Waals surface area contributed by atoms with Crippen LogP contribution in [0.1, 0.15) is 11.7 Å². The highest BCUT2D eigenvalue weighted by atomic mass is 79.9. The highest BCUT2D eigenvalue weighted by molar-refractivity contribution is 9.10. The Morgan fingerprint density at radius 1 is 1.29 bits per heavy atom. The number of benzene rings is 1. The van der Waals surface area contributed by atoms with E-state index in [9.17, 15) is 4.79 Å². The van der Waals surface area contributed by atoms with Gasteiger partial charge in [0.2, 0.25) is 0 Å². The Labute approximate surface area is 132 Å². The molecule has 0 heterocycles. The van der Waals surface area contributed by atoms with Crippen molar-refractivity contribution >= 4 is 21.9 Å². The maximum Gasteiger partial charge on any atom is 0.322 e. The van der Waals surface area contributed by atoms with Crippen molar-refractivity contribution in [1.82, 2.24) is 0 Å². The zero-order valence-electron chi connectivity index (χ0n) is 12.1. The van der Waals surface area contributed by atoms with Gasteiger partial charge in [-0.15, -0.1) is 6.42 Å². The van der Waals surface area contributed by atoms with E-state index in [-0.39, 0.29) is 6.61 Å². The molecule has 2 unspecified atom stereocenters. The van der Waals surface area contributed by atoms with E-state index in [4.69, 9.17) is 25.4 Å². The van der Waals surface area contributed by atoms with Gasteiger partial charge in [0.15, 0.2) is 11.5 Å². The van der Waals surface area contributed by atoms with Crippen molar-refractivity contribution in [3.05, 3.63) is 23.8 Å². The van der Waals surface area contributed by atoms with E-state index in [1.807, 2.05) is 0 Å². The number of esters is 1. The normalized spacial score (nSPS) is 12.9. The number of carbonyl (C=O) groups excluding carboxylic acids is 1. The Morgan fingerprint density at radius 2 is 1.95 bits per heavy atom. The van der Waals surface area contributed by atoms with Crippen LogP contribution in [0.3, 0.4) is 0 Å². The second kappa shape index (κ2) is 8.55. The van der Waals surface area contributed by atoms with Crippen molar-refractivity contribution in [1.29, 1.82) is 0 Å². The number of hydrogen-bond acceptors (Lipinski definition) is 5. The van der Waals surface area contributed by atoms with Crippen LogP contribution in [0.5, 0.6) is 11.5 Å². The third kappa shape index (κ3) is 4.38. The molecule has 114 valence electrons. The molecule has 0 radical (unpaired) electrons. The minimum atomic E-state index is -0.686. The number of halogens is 1. The molecule has 6 heteroatoms. The zero-order chi connectivity index (χ0) is 15.8. The Morgan fingerprint density at radius 3 is 2.48 bits per heavy atom. The molecule has 1 rings (SSSR count). The van der Waals surface area contributed by atoms with Gasteiger partial charge in [-0.2, -0.15) is 0 Å². The molecule has 0 aliphatic rings. The fourth-order valence-corrected chi connectivity index (χ4v) is 2.40. The largest absolute Gasteiger partial charge is 0.493 e. The number of methoxy groups -OCH3 is 3. The lowest BCUT2D eigenvalue weighted by molar-refractivity contribution is -0.142. The molecular weight excluding hydrogens is 340 g/mol. The summed E-state index contributed by atoms with van der Waals surface area (Å²) in [5.41, 5.74) is 0.718. The van der Waals surface area contributed by atoms with Gasteiger partial charge in [-0.3, -0.25) is 4.79 Å². The maximum absolute atomic E-state index is 11.7. The van der Waals surface area contributed by atoms with Crippen LogP contribution >= 0.6 is 15.9 Å². The monoisotopic (exact) mass is 356 g/mol. The van der Waals surface area contributed by atoms with E-state index in [1.165, 1.54) is 14.2 Å². The van der Waals surface area contributed by atoms with E-state index < -0.39 is 16.9 Å². The molecule has 0 saturated carbocycles. The van der Waals surface area contributed by atoms with Crippen LogP contribution in [0, 0.1) is 12.3 Å². The molecule has 0 N–H and O–H groups in total. The molecule has 5 nitrogen and oxygen atoms in total. The number of alkyl halides is 1. The minimum absolute atomic E-state index is 0.0676. The van der Waals surface area contributed by atoms with Crippen molar-refractivity contribution in [3.8, 4) is 23.8 Å². The van der Waals surface area contributed by atoms with Crippen LogP contribution < -0.4 is 9.47 Å². The van der Waals surface area contributed by atoms with Gasteiger partial charge in [-0.25, -0.2) is 0 Å². The number of terminal acetylenes is 1. The molecule has 1 aromatic carbocycles. The van der Waals surface area contributed by atoms with Crippen molar-refractivity contribution in [3.63, 3.8) is 0 Å². The molecule has 0 spiro atoms. The first kappa shape index (κ1) is 17.3. The second-order valence-electron chi connectivity index (χ2n) is 3.98. The van der Waals surface area contributed by atoms with Gasteiger partial charge >= 0.3 is 5.97 Å². The molecule has 0 amide bonds. The van der Waals surface area contributed by atoms with Crippen molar-refractivity contribution in [2.75, 3.05) is 27.9 Å². The standard InChI is InChI=1S/C15H17BrO5/c1-5-8-21-14(13(16)15(17)20-4)10-6-7-11(18-2)12(9-10)19-3/h1,6-7,9,13-14H,8H2,2-4H3. The third-order valence-electron chi connectivity index (χ3n) is 2.77. The molecule has 2 atom stereocenters. The van der Waals surface area contributed by atoms with E-state index in [0.29, 0.717) is 11.5 Å². The highest BCUT2D eigenvalue weighted by Crippen LogP contribution is 2.34. The maximum atomic E-state index is 11.7. The molecule has 0 bridgehead atoms. The number of rotatable bonds is 7. The molecule has 1 aromatic rings. The van der Waals surface area contributed by atoms with Gasteiger partial charge < -0.3 is 18.9 Å². The Kier molecular flexibility index (Phi) is 7.06. The molecule has 0 fully saturated rings. The van der Waals surface area contributed by atoms with Crippen molar-refractivity contribution in [2.45, 2.75) is 10.9 Å². The van der Waals surface area contributed by atoms with E-state index >= 15 is 0 Å². The first-order chi connectivity index (χ1) is 10.1. The van der Waals surface area contributed by atoms with Gasteiger partial charge in [0.05, 0.1) is 21.3 Å². The third-order valence-corrected chi connectivity index (χ3v) is 3.63. The molecule has 21 heavy (non-hydrogen) atoms. The summed E-state index contributed by atoms with van der Waals surface area (Å²) < 4.78 is 20.7. The van der Waals surface area contributed by atoms with Crippen LogP contribution in [0.25, 0.3) is 0 Å². The molecule has 0 aliphatic carbocycles. The van der Waals surface area contributed by atoms with Gasteiger partial charge in [-0.1, -0.05) is 27.9 Å². The van der Waals surface area contributed by atoms with Crippen molar-refractivity contribution < 1.29 is 23.7 Å². The lowest BCUT2D eigenvalue weighted by Gasteiger charge is -2.22. The summed E-state index contributed by atoms with van der Waals surface area (Å²) in [6, 6.07) is 5.24. The average molecular weight is 357 g/mol. The fourth-order valence-electron chi connectivity index (χ4n) is 1.75. The fraction of sp³-hybridized carbons (Fsp3) is 0.400. The van der Waals surface area contributed by atoms with Crippen LogP contribution in [0.15, 0.2) is 18.2 Å². The van der Waals surface area contributed by atoms with Crippen LogP contribution in [0.2, 0.25) is 0 Å². The quantitative estimate of drug-likeness (QED) is 0.426. The lowest BCUT2D eigenvalue weighted by atomic mass is 10.1. The summed E-state index contributed by atoms with van der Waals surface area (Å²) in [5, 5.41) is 0. The topological polar surface area (TPSA) is 54.0 Å². The van der Waals surface area contributed by atoms with Crippen molar-refractivity contribution in [2.24, 2.45) is 0 Å². The molecule has 0 saturated heterocycles. The van der Waals surface area contributed by atoms with Crippen LogP contribution in [0.4, 0.5) is 0 Å². The first-order valence-corrected chi connectivity index (χ1v) is 6.99. The molecular formula is C15H17BrO5. The molecule has 0 aliphatic heterocycles. The predicted octanol–water partition coefficient (Wildman–Crippen LogP) is 2.33. The average Bonchev–Trinajstić information content (AvgIpc) is 2.53. The van der Waals surface area contributed by atoms with Crippen LogP contribution in [-0.2, 0) is 14.3 Å². The Hall–Kier alpha value is -1.71. The van der Waals surface area contributed by atoms with E-state index in [1.54, 1.807) is 25.3 Å². The summed E-state index contributed by atoms with van der Waals surface area (Å²) >= 11 is 3.28. The lowest BCUT2D eigenvalue weighted by Crippen LogP contribution is -2.26. The first-order valence-electron chi connectivity index (χ1n) is 6.07. The summed E-state index contributed by atoms with van der Waals surface area (Å²) in [6.07, 6.45) is 4.61. The smallest absolute Gasteiger partial charge is 0.322 e. The van der Waals surface area contributed by atoms with Gasteiger partial charge in [-0.05, 0) is 17.7 Å².